The standard InChI is InChI=1S/C28H24ClN7O16S5/c1-14-9-17(53(38,39)8-7-52-57(49,50)51)5-6-20(14)35-36-24-22(56(46,47)48)11-15-10-19(55(43,44)45)13-21(23(15)25(24)37)31-28-33-26(29)32-27(34-28)30-16-3-2-4-18(12-16)54(40,41)42/h2-6,9-13,37H,7-8H2,1H3,(H,40,41,42)(H,43,44,45)(H,46,47,48)(H,49,50,51)(H2,30,31,32,33,34). The van der Waals surface area contributed by atoms with E-state index in [1.165, 1.54) is 19.1 Å². The Morgan fingerprint density at radius 1 is 0.719 bits per heavy atom. The molecule has 0 unspecified atom stereocenters. The summed E-state index contributed by atoms with van der Waals surface area (Å²) in [5.74, 6) is -2.73. The Labute approximate surface area is 327 Å². The Morgan fingerprint density at radius 3 is 1.96 bits per heavy atom. The second kappa shape index (κ2) is 15.7. The number of fused-ring (bicyclic) bond motifs is 1. The molecule has 0 fully saturated rings. The Bertz CT molecular complexity index is 3060. The maximum Gasteiger partial charge on any atom is 0.397 e. The fourth-order valence-corrected chi connectivity index (χ4v) is 8.31. The van der Waals surface area contributed by atoms with Gasteiger partial charge in [-0.2, -0.15) is 53.7 Å². The van der Waals surface area contributed by atoms with Crippen molar-refractivity contribution in [2.45, 2.75) is 26.5 Å². The maximum atomic E-state index is 12.6. The molecule has 5 rings (SSSR count). The van der Waals surface area contributed by atoms with Gasteiger partial charge in [-0.1, -0.05) is 6.07 Å². The number of aromatic nitrogens is 3. The second-order valence-corrected chi connectivity index (χ2v) is 19.1. The third-order valence-corrected chi connectivity index (χ3v) is 12.2. The van der Waals surface area contributed by atoms with E-state index in [4.69, 9.17) is 16.2 Å². The van der Waals surface area contributed by atoms with Gasteiger partial charge in [-0.3, -0.25) is 18.2 Å². The first-order valence-corrected chi connectivity index (χ1v) is 22.6. The van der Waals surface area contributed by atoms with Gasteiger partial charge in [0.2, 0.25) is 17.2 Å². The summed E-state index contributed by atoms with van der Waals surface area (Å²) in [6.45, 7) is 0.454. The van der Waals surface area contributed by atoms with Crippen LogP contribution >= 0.6 is 11.6 Å². The van der Waals surface area contributed by atoms with Crippen molar-refractivity contribution in [2.75, 3.05) is 23.0 Å². The smallest absolute Gasteiger partial charge is 0.397 e. The Hall–Kier alpha value is -5.01. The van der Waals surface area contributed by atoms with E-state index in [1.807, 2.05) is 0 Å². The first-order chi connectivity index (χ1) is 26.2. The number of aryl methyl sites for hydroxylation is 1. The van der Waals surface area contributed by atoms with Gasteiger partial charge in [0.15, 0.2) is 15.6 Å². The minimum absolute atomic E-state index is 0.0410. The maximum absolute atomic E-state index is 12.6. The SMILES string of the molecule is Cc1cc(S(=O)(=O)CCOS(=O)(=O)O)ccc1N=Nc1c(S(=O)(=O)O)cc2cc(S(=O)(=O)O)cc(Nc3nc(Cl)nc(Nc4cccc(S(=O)(=O)O)c4)n3)c2c1O. The van der Waals surface area contributed by atoms with Crippen LogP contribution in [0.5, 0.6) is 5.75 Å². The quantitative estimate of drug-likeness (QED) is 0.0613. The van der Waals surface area contributed by atoms with Gasteiger partial charge in [-0.15, -0.1) is 5.11 Å². The van der Waals surface area contributed by atoms with Gasteiger partial charge in [0.05, 0.1) is 38.4 Å². The van der Waals surface area contributed by atoms with Gasteiger partial charge in [-0.25, -0.2) is 12.6 Å². The van der Waals surface area contributed by atoms with Crippen LogP contribution in [0.3, 0.4) is 0 Å². The topological polar surface area (TPSA) is 369 Å². The number of hydrogen-bond acceptors (Lipinski definition) is 19. The van der Waals surface area contributed by atoms with E-state index in [9.17, 15) is 60.9 Å². The lowest BCUT2D eigenvalue weighted by Crippen LogP contribution is -2.15. The number of halogens is 1. The Kier molecular flexibility index (Phi) is 11.9. The van der Waals surface area contributed by atoms with E-state index in [-0.39, 0.29) is 27.8 Å². The predicted octanol–water partition coefficient (Wildman–Crippen LogP) is 3.93. The summed E-state index contributed by atoms with van der Waals surface area (Å²) in [6.07, 6.45) is 0. The molecule has 0 atom stereocenters. The fraction of sp³-hybridized carbons (Fsp3) is 0.107. The molecule has 4 aromatic carbocycles. The van der Waals surface area contributed by atoms with Crippen molar-refractivity contribution in [2.24, 2.45) is 10.2 Å². The molecule has 0 spiro atoms. The van der Waals surface area contributed by atoms with Gasteiger partial charge in [0.1, 0.15) is 10.6 Å². The molecule has 1 heterocycles. The number of rotatable bonds is 14. The minimum Gasteiger partial charge on any atom is -0.505 e. The highest BCUT2D eigenvalue weighted by molar-refractivity contribution is 7.91. The van der Waals surface area contributed by atoms with Gasteiger partial charge >= 0.3 is 10.4 Å². The number of nitrogens with one attached hydrogen (secondary N) is 2. The highest BCUT2D eigenvalue weighted by Gasteiger charge is 2.26. The Morgan fingerprint density at radius 2 is 1.37 bits per heavy atom. The molecule has 0 aliphatic rings. The average molecular weight is 910 g/mol. The summed E-state index contributed by atoms with van der Waals surface area (Å²) in [5.41, 5.74) is -1.32. The lowest BCUT2D eigenvalue weighted by molar-refractivity contribution is 0.284. The van der Waals surface area contributed by atoms with Crippen LogP contribution in [-0.2, 0) is 54.8 Å². The molecule has 1 aromatic heterocycles. The van der Waals surface area contributed by atoms with E-state index < -0.39 is 117 Å². The zero-order chi connectivity index (χ0) is 42.3. The molecule has 0 aliphatic heterocycles. The molecule has 0 radical (unpaired) electrons. The van der Waals surface area contributed by atoms with E-state index >= 15 is 0 Å². The number of phenolic OH excluding ortho intramolecular Hbond substituents is 1. The molecule has 0 amide bonds. The molecule has 0 aliphatic carbocycles. The number of phenols is 1. The van der Waals surface area contributed by atoms with Gasteiger partial charge in [-0.05, 0) is 84.1 Å². The summed E-state index contributed by atoms with van der Waals surface area (Å²) in [7, 11) is -24.0. The largest absolute Gasteiger partial charge is 0.505 e. The van der Waals surface area contributed by atoms with Crippen molar-refractivity contribution in [1.82, 2.24) is 15.0 Å². The number of sulfone groups is 1. The van der Waals surface area contributed by atoms with Crippen LogP contribution in [0.15, 0.2) is 90.5 Å². The van der Waals surface area contributed by atoms with E-state index in [0.29, 0.717) is 6.07 Å². The summed E-state index contributed by atoms with van der Waals surface area (Å²) in [6, 6.07) is 10.2. The van der Waals surface area contributed by atoms with Crippen LogP contribution in [0.1, 0.15) is 5.56 Å². The Balaban J connectivity index is 1.61. The van der Waals surface area contributed by atoms with Crippen LogP contribution in [0.4, 0.5) is 34.6 Å². The summed E-state index contributed by atoms with van der Waals surface area (Å²) in [5, 5.41) is 23.0. The highest BCUT2D eigenvalue weighted by atomic mass is 35.5. The van der Waals surface area contributed by atoms with Gasteiger partial charge < -0.3 is 15.7 Å². The molecule has 0 saturated carbocycles. The zero-order valence-electron chi connectivity index (χ0n) is 28.1. The third-order valence-electron chi connectivity index (χ3n) is 7.31. The van der Waals surface area contributed by atoms with Crippen molar-refractivity contribution in [3.63, 3.8) is 0 Å². The lowest BCUT2D eigenvalue weighted by atomic mass is 10.1. The molecular formula is C28H24ClN7O16S5. The zero-order valence-corrected chi connectivity index (χ0v) is 32.9. The monoisotopic (exact) mass is 909 g/mol. The molecule has 0 bridgehead atoms. The normalized spacial score (nSPS) is 12.9. The van der Waals surface area contributed by atoms with Crippen LogP contribution in [0.2, 0.25) is 5.28 Å². The van der Waals surface area contributed by atoms with Crippen molar-refractivity contribution in [3.8, 4) is 5.75 Å². The van der Waals surface area contributed by atoms with Crippen molar-refractivity contribution in [3.05, 3.63) is 71.5 Å². The third kappa shape index (κ3) is 10.7. The van der Waals surface area contributed by atoms with Crippen LogP contribution in [-0.4, -0.2) is 92.7 Å². The molecule has 304 valence electrons. The van der Waals surface area contributed by atoms with Gasteiger partial charge in [0, 0.05) is 11.1 Å². The number of hydrogen-bond donors (Lipinski definition) is 7. The first-order valence-electron chi connectivity index (χ1n) is 14.9. The summed E-state index contributed by atoms with van der Waals surface area (Å²) < 4.78 is 162. The first kappa shape index (κ1) is 43.1. The second-order valence-electron chi connectivity index (χ2n) is 11.3. The molecule has 23 nitrogen and oxygen atoms in total. The van der Waals surface area contributed by atoms with Crippen molar-refractivity contribution >= 4 is 108 Å². The van der Waals surface area contributed by atoms with Crippen molar-refractivity contribution < 1.29 is 69.6 Å². The number of benzene rings is 4. The van der Waals surface area contributed by atoms with Crippen molar-refractivity contribution in [1.29, 1.82) is 0 Å². The molecule has 0 saturated heterocycles. The lowest BCUT2D eigenvalue weighted by Gasteiger charge is -2.15. The van der Waals surface area contributed by atoms with Crippen LogP contribution in [0.25, 0.3) is 10.8 Å². The molecule has 29 heteroatoms. The number of nitrogens with zero attached hydrogens (tertiary/aromatic N) is 5. The predicted molar refractivity (Wildman–Crippen MR) is 198 cm³/mol. The van der Waals surface area contributed by atoms with Crippen LogP contribution < -0.4 is 10.6 Å². The van der Waals surface area contributed by atoms with E-state index in [1.54, 1.807) is 0 Å². The average Bonchev–Trinajstić information content (AvgIpc) is 3.06. The van der Waals surface area contributed by atoms with Crippen LogP contribution in [0, 0.1) is 6.92 Å². The summed E-state index contributed by atoms with van der Waals surface area (Å²) in [4.78, 5) is 9.00. The van der Waals surface area contributed by atoms with Gasteiger partial charge in [0.25, 0.3) is 30.4 Å². The van der Waals surface area contributed by atoms with E-state index in [0.717, 1.165) is 42.5 Å². The fourth-order valence-electron chi connectivity index (χ4n) is 4.85. The molecule has 5 aromatic rings. The molecular weight excluding hydrogens is 886 g/mol. The summed E-state index contributed by atoms with van der Waals surface area (Å²) >= 11 is 6.07. The highest BCUT2D eigenvalue weighted by Crippen LogP contribution is 2.46. The number of anilines is 4. The molecule has 7 N–H and O–H groups in total. The number of azo groups is 1. The molecule has 57 heavy (non-hydrogen) atoms. The van der Waals surface area contributed by atoms with E-state index in [2.05, 4.69) is 40.0 Å². The number of aromatic hydroxyl groups is 1. The minimum atomic E-state index is -5.29.